The fourth-order valence-corrected chi connectivity index (χ4v) is 3.72. The van der Waals surface area contributed by atoms with E-state index in [0.717, 1.165) is 5.75 Å². The molecule has 134 valence electrons. The zero-order valence-corrected chi connectivity index (χ0v) is 17.3. The van der Waals surface area contributed by atoms with Crippen LogP contribution in [0.15, 0.2) is 50.9 Å². The molecule has 0 radical (unpaired) electrons. The first-order chi connectivity index (χ1) is 12.5. The van der Waals surface area contributed by atoms with Gasteiger partial charge in [-0.2, -0.15) is 5.26 Å². The highest BCUT2D eigenvalue weighted by molar-refractivity contribution is 9.11. The Morgan fingerprint density at radius 1 is 1.23 bits per heavy atom. The molecule has 2 rings (SSSR count). The summed E-state index contributed by atoms with van der Waals surface area (Å²) in [6.07, 6.45) is 1.51. The molecule has 0 heterocycles. The third-order valence-electron chi connectivity index (χ3n) is 3.32. The number of halogens is 2. The van der Waals surface area contributed by atoms with Gasteiger partial charge in [-0.1, -0.05) is 0 Å². The molecule has 1 N–H and O–H groups in total. The smallest absolute Gasteiger partial charge is 0.266 e. The van der Waals surface area contributed by atoms with Gasteiger partial charge in [0, 0.05) is 5.69 Å². The van der Waals surface area contributed by atoms with E-state index in [1.165, 1.54) is 6.08 Å². The number of ether oxygens (including phenoxy) is 2. The van der Waals surface area contributed by atoms with Crippen molar-refractivity contribution in [3.05, 3.63) is 56.5 Å². The summed E-state index contributed by atoms with van der Waals surface area (Å²) in [5, 5.41) is 12.0. The number of carbonyl (C=O) groups excluding carboxylic acids is 1. The van der Waals surface area contributed by atoms with Gasteiger partial charge in [0.05, 0.1) is 22.7 Å². The first kappa shape index (κ1) is 20.0. The van der Waals surface area contributed by atoms with Crippen LogP contribution in [-0.4, -0.2) is 19.6 Å². The largest absolute Gasteiger partial charge is 0.494 e. The van der Waals surface area contributed by atoms with Gasteiger partial charge in [-0.3, -0.25) is 4.79 Å². The molecule has 0 aromatic heterocycles. The molecule has 26 heavy (non-hydrogen) atoms. The molecule has 2 aromatic rings. The zero-order chi connectivity index (χ0) is 19.1. The molecule has 0 saturated heterocycles. The lowest BCUT2D eigenvalue weighted by molar-refractivity contribution is -0.112. The molecule has 0 unspecified atom stereocenters. The van der Waals surface area contributed by atoms with Gasteiger partial charge in [0.25, 0.3) is 5.91 Å². The summed E-state index contributed by atoms with van der Waals surface area (Å²) in [6, 6.07) is 12.4. The van der Waals surface area contributed by atoms with Crippen LogP contribution in [0.25, 0.3) is 6.08 Å². The average molecular weight is 480 g/mol. The van der Waals surface area contributed by atoms with Gasteiger partial charge < -0.3 is 14.8 Å². The van der Waals surface area contributed by atoms with Gasteiger partial charge in [0.1, 0.15) is 23.1 Å². The summed E-state index contributed by atoms with van der Waals surface area (Å²) < 4.78 is 12.0. The number of benzene rings is 2. The van der Waals surface area contributed by atoms with Crippen molar-refractivity contribution in [3.8, 4) is 17.6 Å². The van der Waals surface area contributed by atoms with Crippen molar-refractivity contribution < 1.29 is 14.3 Å². The first-order valence-corrected chi connectivity index (χ1v) is 9.26. The highest BCUT2D eigenvalue weighted by Gasteiger charge is 2.12. The zero-order valence-electron chi connectivity index (χ0n) is 14.2. The lowest BCUT2D eigenvalue weighted by atomic mass is 10.1. The Morgan fingerprint density at radius 2 is 1.85 bits per heavy atom. The second kappa shape index (κ2) is 9.41. The summed E-state index contributed by atoms with van der Waals surface area (Å²) >= 11 is 6.80. The van der Waals surface area contributed by atoms with Crippen LogP contribution in [0, 0.1) is 11.3 Å². The molecule has 0 aliphatic rings. The molecule has 0 spiro atoms. The van der Waals surface area contributed by atoms with Crippen LogP contribution in [0.3, 0.4) is 0 Å². The van der Waals surface area contributed by atoms with Crippen molar-refractivity contribution >= 4 is 49.5 Å². The SMILES string of the molecule is CCOc1ccc(NC(=O)/C(C#N)=C\c2cc(Br)c(OC)c(Br)c2)cc1. The van der Waals surface area contributed by atoms with Gasteiger partial charge in [0.15, 0.2) is 0 Å². The third-order valence-corrected chi connectivity index (χ3v) is 4.50. The second-order valence-electron chi connectivity index (χ2n) is 5.10. The van der Waals surface area contributed by atoms with Gasteiger partial charge >= 0.3 is 0 Å². The van der Waals surface area contributed by atoms with Crippen LogP contribution in [0.1, 0.15) is 12.5 Å². The summed E-state index contributed by atoms with van der Waals surface area (Å²) in [4.78, 5) is 12.4. The molecule has 7 heteroatoms. The number of rotatable bonds is 6. The van der Waals surface area contributed by atoms with Crippen LogP contribution >= 0.6 is 31.9 Å². The molecular weight excluding hydrogens is 464 g/mol. The van der Waals surface area contributed by atoms with Crippen LogP contribution in [0.4, 0.5) is 5.69 Å². The number of carbonyl (C=O) groups is 1. The number of nitrogens with one attached hydrogen (secondary N) is 1. The number of hydrogen-bond donors (Lipinski definition) is 1. The van der Waals surface area contributed by atoms with Gasteiger partial charge in [0.2, 0.25) is 0 Å². The summed E-state index contributed by atoms with van der Waals surface area (Å²) in [6.45, 7) is 2.47. The fraction of sp³-hybridized carbons (Fsp3) is 0.158. The molecule has 0 fully saturated rings. The number of amides is 1. The normalized spacial score (nSPS) is 10.8. The molecule has 0 saturated carbocycles. The van der Waals surface area contributed by atoms with E-state index in [4.69, 9.17) is 9.47 Å². The number of nitriles is 1. The maximum Gasteiger partial charge on any atom is 0.266 e. The number of hydrogen-bond acceptors (Lipinski definition) is 4. The molecule has 1 amide bonds. The molecule has 0 bridgehead atoms. The van der Waals surface area contributed by atoms with E-state index in [1.807, 2.05) is 13.0 Å². The quantitative estimate of drug-likeness (QED) is 0.458. The molecule has 2 aromatic carbocycles. The van der Waals surface area contributed by atoms with E-state index in [2.05, 4.69) is 37.2 Å². The Kier molecular flexibility index (Phi) is 7.25. The van der Waals surface area contributed by atoms with E-state index in [-0.39, 0.29) is 5.57 Å². The lowest BCUT2D eigenvalue weighted by Gasteiger charge is -2.08. The topological polar surface area (TPSA) is 71.3 Å². The van der Waals surface area contributed by atoms with Crippen molar-refractivity contribution in [2.75, 3.05) is 19.0 Å². The molecule has 0 atom stereocenters. The van der Waals surface area contributed by atoms with Crippen LogP contribution in [0.2, 0.25) is 0 Å². The van der Waals surface area contributed by atoms with Crippen LogP contribution in [-0.2, 0) is 4.79 Å². The number of anilines is 1. The minimum atomic E-state index is -0.486. The minimum absolute atomic E-state index is 0.0112. The second-order valence-corrected chi connectivity index (χ2v) is 6.81. The number of nitrogens with zero attached hydrogens (tertiary/aromatic N) is 1. The van der Waals surface area contributed by atoms with Crippen molar-refractivity contribution in [3.63, 3.8) is 0 Å². The van der Waals surface area contributed by atoms with E-state index in [0.29, 0.717) is 32.6 Å². The van der Waals surface area contributed by atoms with E-state index >= 15 is 0 Å². The lowest BCUT2D eigenvalue weighted by Crippen LogP contribution is -2.13. The maximum absolute atomic E-state index is 12.4. The Bertz CT molecular complexity index is 848. The van der Waals surface area contributed by atoms with Gasteiger partial charge in [-0.25, -0.2) is 0 Å². The average Bonchev–Trinajstić information content (AvgIpc) is 2.61. The van der Waals surface area contributed by atoms with Crippen molar-refractivity contribution in [2.45, 2.75) is 6.92 Å². The predicted octanol–water partition coefficient (Wildman–Crippen LogP) is 5.16. The molecule has 0 aliphatic heterocycles. The van der Waals surface area contributed by atoms with Crippen LogP contribution in [0.5, 0.6) is 11.5 Å². The van der Waals surface area contributed by atoms with E-state index in [9.17, 15) is 10.1 Å². The summed E-state index contributed by atoms with van der Waals surface area (Å²) in [7, 11) is 1.56. The molecular formula is C19H16Br2N2O3. The Labute approximate surface area is 168 Å². The van der Waals surface area contributed by atoms with E-state index < -0.39 is 5.91 Å². The monoisotopic (exact) mass is 478 g/mol. The Hall–Kier alpha value is -2.30. The third kappa shape index (κ3) is 5.10. The highest BCUT2D eigenvalue weighted by atomic mass is 79.9. The van der Waals surface area contributed by atoms with Crippen molar-refractivity contribution in [1.82, 2.24) is 0 Å². The van der Waals surface area contributed by atoms with E-state index in [1.54, 1.807) is 43.5 Å². The minimum Gasteiger partial charge on any atom is -0.494 e. The first-order valence-electron chi connectivity index (χ1n) is 7.67. The number of methoxy groups -OCH3 is 1. The maximum atomic E-state index is 12.4. The van der Waals surface area contributed by atoms with Crippen LogP contribution < -0.4 is 14.8 Å². The summed E-state index contributed by atoms with van der Waals surface area (Å²) in [5.41, 5.74) is 1.25. The van der Waals surface area contributed by atoms with Crippen molar-refractivity contribution in [2.24, 2.45) is 0 Å². The fourth-order valence-electron chi connectivity index (χ4n) is 2.17. The molecule has 0 aliphatic carbocycles. The highest BCUT2D eigenvalue weighted by Crippen LogP contribution is 2.35. The predicted molar refractivity (Wildman–Crippen MR) is 108 cm³/mol. The molecule has 5 nitrogen and oxygen atoms in total. The Morgan fingerprint density at radius 3 is 2.35 bits per heavy atom. The van der Waals surface area contributed by atoms with Gasteiger partial charge in [-0.05, 0) is 86.8 Å². The summed E-state index contributed by atoms with van der Waals surface area (Å²) in [5.74, 6) is 0.869. The van der Waals surface area contributed by atoms with Crippen molar-refractivity contribution in [1.29, 1.82) is 5.26 Å². The standard InChI is InChI=1S/C19H16Br2N2O3/c1-3-26-15-6-4-14(5-7-15)23-19(24)13(11-22)8-12-9-16(20)18(25-2)17(21)10-12/h4-10H,3H2,1-2H3,(H,23,24)/b13-8-. The Balaban J connectivity index is 2.20. The van der Waals surface area contributed by atoms with Gasteiger partial charge in [-0.15, -0.1) is 0 Å².